The quantitative estimate of drug-likeness (QED) is 0.655. The highest BCUT2D eigenvalue weighted by atomic mass is 19.1. The summed E-state index contributed by atoms with van der Waals surface area (Å²) < 4.78 is 19.3. The van der Waals surface area contributed by atoms with E-state index in [4.69, 9.17) is 4.74 Å². The summed E-state index contributed by atoms with van der Waals surface area (Å²) in [5, 5.41) is 12.4. The highest BCUT2D eigenvalue weighted by molar-refractivity contribution is 5.85. The molecule has 0 fully saturated rings. The highest BCUT2D eigenvalue weighted by Gasteiger charge is 2.13. The Balaban J connectivity index is 1.89. The van der Waals surface area contributed by atoms with E-state index in [2.05, 4.69) is 20.3 Å². The number of benzene rings is 1. The summed E-state index contributed by atoms with van der Waals surface area (Å²) in [5.41, 5.74) is 2.10. The molecule has 0 aliphatic carbocycles. The number of amides is 1. The summed E-state index contributed by atoms with van der Waals surface area (Å²) >= 11 is 0. The van der Waals surface area contributed by atoms with Gasteiger partial charge in [-0.3, -0.25) is 4.79 Å². The van der Waals surface area contributed by atoms with Crippen LogP contribution in [0.4, 0.5) is 4.39 Å². The molecule has 25 heavy (non-hydrogen) atoms. The molecule has 1 unspecified atom stereocenters. The van der Waals surface area contributed by atoms with Crippen LogP contribution in [-0.4, -0.2) is 39.2 Å². The van der Waals surface area contributed by atoms with Gasteiger partial charge in [0.25, 0.3) is 0 Å². The lowest BCUT2D eigenvalue weighted by atomic mass is 10.1. The van der Waals surface area contributed by atoms with Crippen molar-refractivity contribution in [2.75, 3.05) is 7.11 Å². The molecule has 1 amide bonds. The summed E-state index contributed by atoms with van der Waals surface area (Å²) in [6, 6.07) is 4.78. The first kappa shape index (κ1) is 16.8. The second-order valence-corrected chi connectivity index (χ2v) is 5.55. The number of methoxy groups -OCH3 is 1. The van der Waals surface area contributed by atoms with Crippen molar-refractivity contribution in [3.8, 4) is 17.1 Å². The van der Waals surface area contributed by atoms with Crippen molar-refractivity contribution in [3.63, 3.8) is 0 Å². The molecule has 130 valence electrons. The third-order valence-electron chi connectivity index (χ3n) is 3.71. The maximum absolute atomic E-state index is 14.4. The van der Waals surface area contributed by atoms with Gasteiger partial charge in [0.05, 0.1) is 31.7 Å². The van der Waals surface area contributed by atoms with Crippen LogP contribution in [0.15, 0.2) is 30.6 Å². The molecule has 0 radical (unpaired) electrons. The summed E-state index contributed by atoms with van der Waals surface area (Å²) in [5.74, 6) is -0.550. The lowest BCUT2D eigenvalue weighted by molar-refractivity contribution is -0.128. The molecular weight excluding hydrogens is 327 g/mol. The number of aliphatic hydroxyl groups is 1. The van der Waals surface area contributed by atoms with Gasteiger partial charge in [0.2, 0.25) is 11.8 Å². The number of nitrogens with one attached hydrogen (secondary N) is 2. The minimum absolute atomic E-state index is 0.206. The smallest absolute Gasteiger partial charge is 0.248 e. The third kappa shape index (κ3) is 3.58. The van der Waals surface area contributed by atoms with Crippen molar-refractivity contribution >= 4 is 16.8 Å². The number of fused-ring (bicyclic) bond motifs is 1. The SMILES string of the molecule is COc1cnc(-c2cc3[nH]c(CNC(=O)C(C)O)cc3cc2F)cn1. The van der Waals surface area contributed by atoms with Crippen LogP contribution in [0.1, 0.15) is 12.6 Å². The van der Waals surface area contributed by atoms with Gasteiger partial charge in [-0.1, -0.05) is 0 Å². The molecule has 7 nitrogen and oxygen atoms in total. The number of hydrogen-bond acceptors (Lipinski definition) is 5. The molecule has 3 aromatic rings. The number of rotatable bonds is 5. The van der Waals surface area contributed by atoms with Crippen molar-refractivity contribution < 1.29 is 19.0 Å². The van der Waals surface area contributed by atoms with Gasteiger partial charge < -0.3 is 20.1 Å². The molecule has 3 N–H and O–H groups in total. The average Bonchev–Trinajstić information content (AvgIpc) is 3.00. The number of halogens is 1. The average molecular weight is 344 g/mol. The molecule has 0 spiro atoms. The number of hydrogen-bond donors (Lipinski definition) is 3. The van der Waals surface area contributed by atoms with Gasteiger partial charge in [0.1, 0.15) is 11.9 Å². The van der Waals surface area contributed by atoms with E-state index in [9.17, 15) is 14.3 Å². The van der Waals surface area contributed by atoms with Gasteiger partial charge in [-0.2, -0.15) is 0 Å². The molecule has 2 heterocycles. The number of aromatic nitrogens is 3. The minimum atomic E-state index is -1.08. The zero-order valence-electron chi connectivity index (χ0n) is 13.7. The van der Waals surface area contributed by atoms with Gasteiger partial charge in [-0.25, -0.2) is 14.4 Å². The van der Waals surface area contributed by atoms with E-state index < -0.39 is 17.8 Å². The fraction of sp³-hybridized carbons (Fsp3) is 0.235. The van der Waals surface area contributed by atoms with Gasteiger partial charge in [-0.05, 0) is 25.1 Å². The standard InChI is InChI=1S/C17H17FN4O3/c1-9(23)17(24)21-6-11-3-10-4-13(18)12(5-14(10)22-11)15-7-20-16(25-2)8-19-15/h3-5,7-9,22-23H,6H2,1-2H3,(H,21,24). The van der Waals surface area contributed by atoms with E-state index in [1.54, 1.807) is 12.1 Å². The fourth-order valence-electron chi connectivity index (χ4n) is 2.40. The second kappa shape index (κ2) is 6.86. The molecular formula is C17H17FN4O3. The number of nitrogens with zero attached hydrogens (tertiary/aromatic N) is 2. The number of carbonyl (C=O) groups is 1. The van der Waals surface area contributed by atoms with Crippen LogP contribution in [-0.2, 0) is 11.3 Å². The predicted octanol–water partition coefficient (Wildman–Crippen LogP) is 1.77. The largest absolute Gasteiger partial charge is 0.480 e. The predicted molar refractivity (Wildman–Crippen MR) is 89.4 cm³/mol. The molecule has 8 heteroatoms. The molecule has 0 saturated carbocycles. The maximum atomic E-state index is 14.4. The number of carbonyl (C=O) groups excluding carboxylic acids is 1. The normalized spacial score (nSPS) is 12.2. The first-order valence-corrected chi connectivity index (χ1v) is 7.61. The first-order chi connectivity index (χ1) is 12.0. The second-order valence-electron chi connectivity index (χ2n) is 5.55. The number of aliphatic hydroxyl groups excluding tert-OH is 1. The van der Waals surface area contributed by atoms with Gasteiger partial charge in [0.15, 0.2) is 0 Å². The molecule has 3 rings (SSSR count). The van der Waals surface area contributed by atoms with E-state index in [0.717, 1.165) is 0 Å². The first-order valence-electron chi connectivity index (χ1n) is 7.61. The van der Waals surface area contributed by atoms with Crippen LogP contribution >= 0.6 is 0 Å². The van der Waals surface area contributed by atoms with Crippen LogP contribution in [0.5, 0.6) is 5.88 Å². The van der Waals surface area contributed by atoms with Gasteiger partial charge >= 0.3 is 0 Å². The van der Waals surface area contributed by atoms with E-state index in [1.165, 1.54) is 32.5 Å². The van der Waals surface area contributed by atoms with E-state index >= 15 is 0 Å². The van der Waals surface area contributed by atoms with E-state index in [1.807, 2.05) is 0 Å². The molecule has 1 atom stereocenters. The lowest BCUT2D eigenvalue weighted by Gasteiger charge is -2.05. The van der Waals surface area contributed by atoms with Crippen molar-refractivity contribution in [1.82, 2.24) is 20.3 Å². The zero-order chi connectivity index (χ0) is 18.0. The molecule has 1 aromatic carbocycles. The van der Waals surface area contributed by atoms with Crippen LogP contribution in [0.3, 0.4) is 0 Å². The molecule has 0 saturated heterocycles. The van der Waals surface area contributed by atoms with Crippen molar-refractivity contribution in [2.45, 2.75) is 19.6 Å². The van der Waals surface area contributed by atoms with E-state index in [-0.39, 0.29) is 6.54 Å². The number of H-pyrrole nitrogens is 1. The number of aromatic amines is 1. The van der Waals surface area contributed by atoms with Gasteiger partial charge in [0, 0.05) is 22.2 Å². The van der Waals surface area contributed by atoms with Crippen molar-refractivity contribution in [1.29, 1.82) is 0 Å². The van der Waals surface area contributed by atoms with E-state index in [0.29, 0.717) is 33.7 Å². The topological polar surface area (TPSA) is 100 Å². The summed E-state index contributed by atoms with van der Waals surface area (Å²) in [4.78, 5) is 22.7. The maximum Gasteiger partial charge on any atom is 0.248 e. The summed E-state index contributed by atoms with van der Waals surface area (Å²) in [6.07, 6.45) is 1.78. The van der Waals surface area contributed by atoms with Gasteiger partial charge in [-0.15, -0.1) is 0 Å². The van der Waals surface area contributed by atoms with Crippen LogP contribution in [0.25, 0.3) is 22.2 Å². The Morgan fingerprint density at radius 1 is 1.36 bits per heavy atom. The Morgan fingerprint density at radius 2 is 2.16 bits per heavy atom. The fourth-order valence-corrected chi connectivity index (χ4v) is 2.40. The molecule has 0 aliphatic rings. The Kier molecular flexibility index (Phi) is 4.62. The van der Waals surface area contributed by atoms with Crippen molar-refractivity contribution in [3.05, 3.63) is 42.1 Å². The number of ether oxygens (including phenoxy) is 1. The van der Waals surface area contributed by atoms with Crippen LogP contribution < -0.4 is 10.1 Å². The Labute approximate surface area is 142 Å². The Bertz CT molecular complexity index is 906. The zero-order valence-corrected chi connectivity index (χ0v) is 13.7. The monoisotopic (exact) mass is 344 g/mol. The Morgan fingerprint density at radius 3 is 2.80 bits per heavy atom. The minimum Gasteiger partial charge on any atom is -0.480 e. The molecule has 2 aromatic heterocycles. The summed E-state index contributed by atoms with van der Waals surface area (Å²) in [6.45, 7) is 1.59. The Hall–Kier alpha value is -3.00. The lowest BCUT2D eigenvalue weighted by Crippen LogP contribution is -2.32. The summed E-state index contributed by atoms with van der Waals surface area (Å²) in [7, 11) is 1.48. The van der Waals surface area contributed by atoms with Crippen LogP contribution in [0.2, 0.25) is 0 Å². The molecule has 0 bridgehead atoms. The molecule has 0 aliphatic heterocycles. The van der Waals surface area contributed by atoms with Crippen molar-refractivity contribution in [2.24, 2.45) is 0 Å². The highest BCUT2D eigenvalue weighted by Crippen LogP contribution is 2.27. The van der Waals surface area contributed by atoms with Crippen LogP contribution in [0, 0.1) is 5.82 Å². The third-order valence-corrected chi connectivity index (χ3v) is 3.71.